The largest absolute Gasteiger partial charge is 0.543 e. The molecule has 0 aliphatic heterocycles. The van der Waals surface area contributed by atoms with Gasteiger partial charge in [0.1, 0.15) is 11.5 Å². The summed E-state index contributed by atoms with van der Waals surface area (Å²) in [6.45, 7) is 12.8. The fourth-order valence-corrected chi connectivity index (χ4v) is 6.30. The van der Waals surface area contributed by atoms with Gasteiger partial charge in [0.2, 0.25) is 0 Å². The second-order valence-electron chi connectivity index (χ2n) is 11.6. The molecule has 2 aliphatic rings. The molecule has 34 heavy (non-hydrogen) atoms. The topological polar surface area (TPSA) is 29.5 Å². The summed E-state index contributed by atoms with van der Waals surface area (Å²) in [5.41, 5.74) is 4.96. The van der Waals surface area contributed by atoms with Crippen molar-refractivity contribution in [2.75, 3.05) is 0 Å². The van der Waals surface area contributed by atoms with Crippen LogP contribution in [0.25, 0.3) is 11.1 Å². The van der Waals surface area contributed by atoms with Crippen molar-refractivity contribution in [3.63, 3.8) is 0 Å². The van der Waals surface area contributed by atoms with Gasteiger partial charge in [-0.3, -0.25) is 0 Å². The van der Waals surface area contributed by atoms with Crippen molar-refractivity contribution in [1.82, 2.24) is 0 Å². The molecule has 0 bridgehead atoms. The van der Waals surface area contributed by atoms with E-state index in [2.05, 4.69) is 39.9 Å². The minimum atomic E-state index is -4.62. The molecule has 2 aromatic carbocycles. The molecule has 0 aromatic heterocycles. The van der Waals surface area contributed by atoms with Gasteiger partial charge in [-0.1, -0.05) is 26.8 Å². The Bertz CT molecular complexity index is 1110. The first kappa shape index (κ1) is 25.1. The molecule has 2 aromatic rings. The number of halogens is 3. The maximum atomic E-state index is 14.1. The third-order valence-corrected chi connectivity index (χ3v) is 12.5. The summed E-state index contributed by atoms with van der Waals surface area (Å²) in [6, 6.07) is 3.35. The fourth-order valence-electron chi connectivity index (χ4n) is 5.22. The maximum absolute atomic E-state index is 14.1. The Kier molecular flexibility index (Phi) is 6.37. The molecule has 0 saturated carbocycles. The first-order valence-electron chi connectivity index (χ1n) is 12.5. The number of phenols is 1. The van der Waals surface area contributed by atoms with Gasteiger partial charge in [0.15, 0.2) is 0 Å². The Morgan fingerprint density at radius 2 is 1.32 bits per heavy atom. The summed E-state index contributed by atoms with van der Waals surface area (Å²) in [4.78, 5) is 0. The van der Waals surface area contributed by atoms with Crippen LogP contribution >= 0.6 is 0 Å². The Morgan fingerprint density at radius 1 is 0.824 bits per heavy atom. The molecule has 6 heteroatoms. The molecule has 0 unspecified atom stereocenters. The number of hydrogen-bond donors (Lipinski definition) is 1. The van der Waals surface area contributed by atoms with Crippen molar-refractivity contribution in [3.8, 4) is 22.6 Å². The first-order valence-corrected chi connectivity index (χ1v) is 15.4. The van der Waals surface area contributed by atoms with Crippen molar-refractivity contribution in [3.05, 3.63) is 45.5 Å². The highest BCUT2D eigenvalue weighted by molar-refractivity contribution is 6.74. The Balaban J connectivity index is 2.09. The van der Waals surface area contributed by atoms with Gasteiger partial charge in [-0.15, -0.1) is 0 Å². The van der Waals surface area contributed by atoms with Crippen LogP contribution in [0.15, 0.2) is 12.1 Å². The zero-order valence-electron chi connectivity index (χ0n) is 21.3. The van der Waals surface area contributed by atoms with Crippen LogP contribution in [0.2, 0.25) is 18.1 Å². The lowest BCUT2D eigenvalue weighted by molar-refractivity contribution is -0.138. The van der Waals surface area contributed by atoms with Crippen LogP contribution in [0, 0.1) is 6.92 Å². The number of aryl methyl sites for hydroxylation is 3. The van der Waals surface area contributed by atoms with E-state index in [1.54, 1.807) is 0 Å². The molecule has 4 rings (SSSR count). The lowest BCUT2D eigenvalue weighted by atomic mass is 9.78. The van der Waals surface area contributed by atoms with Gasteiger partial charge in [0.25, 0.3) is 8.32 Å². The second-order valence-corrected chi connectivity index (χ2v) is 16.3. The summed E-state index contributed by atoms with van der Waals surface area (Å²) in [7, 11) is -2.29. The zero-order chi connectivity index (χ0) is 25.1. The lowest BCUT2D eigenvalue weighted by Gasteiger charge is -2.39. The van der Waals surface area contributed by atoms with E-state index >= 15 is 0 Å². The van der Waals surface area contributed by atoms with E-state index < -0.39 is 25.8 Å². The van der Waals surface area contributed by atoms with Crippen LogP contribution in [0.1, 0.15) is 79.8 Å². The highest BCUT2D eigenvalue weighted by Gasteiger charge is 2.42. The molecule has 0 atom stereocenters. The first-order chi connectivity index (χ1) is 15.7. The molecule has 186 valence electrons. The second kappa shape index (κ2) is 8.61. The standard InChI is InChI=1S/C28H37F3O2Si/c1-17-15-18-11-7-10-14-21(18)24(26(17)33-34(5,6)27(2,3)4)23-20-13-9-8-12-19(20)16-22(25(23)32)28(29,30)31/h15-16,32H,7-14H2,1-6H3. The smallest absolute Gasteiger partial charge is 0.419 e. The van der Waals surface area contributed by atoms with E-state index in [0.29, 0.717) is 24.2 Å². The van der Waals surface area contributed by atoms with Gasteiger partial charge >= 0.3 is 6.18 Å². The van der Waals surface area contributed by atoms with E-state index in [1.165, 1.54) is 11.6 Å². The molecular weight excluding hydrogens is 453 g/mol. The fraction of sp³-hybridized carbons (Fsp3) is 0.571. The molecule has 2 nitrogen and oxygen atoms in total. The monoisotopic (exact) mass is 490 g/mol. The molecule has 0 saturated heterocycles. The van der Waals surface area contributed by atoms with Crippen molar-refractivity contribution in [1.29, 1.82) is 0 Å². The molecule has 0 radical (unpaired) electrons. The third-order valence-electron chi connectivity index (χ3n) is 8.13. The molecule has 2 aliphatic carbocycles. The van der Waals surface area contributed by atoms with Crippen LogP contribution < -0.4 is 4.43 Å². The van der Waals surface area contributed by atoms with Gasteiger partial charge < -0.3 is 9.53 Å². The van der Waals surface area contributed by atoms with Crippen LogP contribution in [0.5, 0.6) is 11.5 Å². The highest BCUT2D eigenvalue weighted by Crippen LogP contribution is 2.52. The van der Waals surface area contributed by atoms with E-state index in [1.807, 2.05) is 6.92 Å². The number of alkyl halides is 3. The van der Waals surface area contributed by atoms with Gasteiger partial charge in [0.05, 0.1) is 5.56 Å². The number of hydrogen-bond acceptors (Lipinski definition) is 2. The molecular formula is C28H37F3O2Si. The van der Waals surface area contributed by atoms with Gasteiger partial charge in [-0.25, -0.2) is 0 Å². The zero-order valence-corrected chi connectivity index (χ0v) is 22.3. The summed E-state index contributed by atoms with van der Waals surface area (Å²) in [5.74, 6) is 0.0428. The SMILES string of the molecule is Cc1cc2c(c(-c3c(O)c(C(F)(F)F)cc4c3CCCC4)c1O[Si](C)(C)C(C)(C)C)CCCC2. The highest BCUT2D eigenvalue weighted by atomic mass is 28.4. The Morgan fingerprint density at radius 3 is 1.85 bits per heavy atom. The molecule has 0 fully saturated rings. The van der Waals surface area contributed by atoms with Gasteiger partial charge in [-0.2, -0.15) is 13.2 Å². The maximum Gasteiger partial charge on any atom is 0.419 e. The summed E-state index contributed by atoms with van der Waals surface area (Å²) >= 11 is 0. The molecule has 1 N–H and O–H groups in total. The number of fused-ring (bicyclic) bond motifs is 2. The third kappa shape index (κ3) is 4.38. The Labute approximate surface area is 202 Å². The summed E-state index contributed by atoms with van der Waals surface area (Å²) < 4.78 is 49.1. The number of phenolic OH excluding ortho intramolecular Hbond substituents is 1. The van der Waals surface area contributed by atoms with Crippen molar-refractivity contribution < 1.29 is 22.7 Å². The predicted molar refractivity (Wildman–Crippen MR) is 134 cm³/mol. The molecule has 0 amide bonds. The number of aromatic hydroxyl groups is 1. The quantitative estimate of drug-likeness (QED) is 0.437. The van der Waals surface area contributed by atoms with Crippen LogP contribution in [-0.2, 0) is 31.9 Å². The molecule has 0 spiro atoms. The van der Waals surface area contributed by atoms with E-state index in [9.17, 15) is 18.3 Å². The minimum Gasteiger partial charge on any atom is -0.543 e. The summed E-state index contributed by atoms with van der Waals surface area (Å²) in [6.07, 6.45) is 2.22. The van der Waals surface area contributed by atoms with E-state index in [-0.39, 0.29) is 5.04 Å². The number of rotatable bonds is 3. The molecule has 0 heterocycles. The van der Waals surface area contributed by atoms with E-state index in [4.69, 9.17) is 4.43 Å². The van der Waals surface area contributed by atoms with Crippen molar-refractivity contribution in [2.24, 2.45) is 0 Å². The lowest BCUT2D eigenvalue weighted by Crippen LogP contribution is -2.44. The summed E-state index contributed by atoms with van der Waals surface area (Å²) in [5, 5.41) is 11.2. The van der Waals surface area contributed by atoms with E-state index in [0.717, 1.165) is 66.3 Å². The van der Waals surface area contributed by atoms with Crippen LogP contribution in [0.4, 0.5) is 13.2 Å². The normalized spacial score (nSPS) is 16.7. The van der Waals surface area contributed by atoms with Crippen LogP contribution in [0.3, 0.4) is 0 Å². The predicted octanol–water partition coefficient (Wildman–Crippen LogP) is 8.53. The van der Waals surface area contributed by atoms with Crippen molar-refractivity contribution in [2.45, 2.75) is 103 Å². The van der Waals surface area contributed by atoms with Gasteiger partial charge in [-0.05, 0) is 110 Å². The van der Waals surface area contributed by atoms with Gasteiger partial charge in [0, 0.05) is 11.1 Å². The Hall–Kier alpha value is -1.95. The average molecular weight is 491 g/mol. The minimum absolute atomic E-state index is 0.0676. The van der Waals surface area contributed by atoms with Crippen molar-refractivity contribution >= 4 is 8.32 Å². The van der Waals surface area contributed by atoms with Crippen LogP contribution in [-0.4, -0.2) is 13.4 Å². The average Bonchev–Trinajstić information content (AvgIpc) is 2.73. The number of benzene rings is 2.